The standard InChI is InChI=1S/C8H16O/c1-5-6-7-8(2,3)9-4/h5H,1,6-7H2,2-4H3/i7D2. The smallest absolute Gasteiger partial charge is 0.0625 e. The molecule has 0 N–H and O–H groups in total. The van der Waals surface area contributed by atoms with Crippen LogP contribution in [0.5, 0.6) is 0 Å². The monoisotopic (exact) mass is 130 g/mol. The van der Waals surface area contributed by atoms with Crippen LogP contribution in [0.2, 0.25) is 0 Å². The predicted molar refractivity (Wildman–Crippen MR) is 40.5 cm³/mol. The van der Waals surface area contributed by atoms with Crippen molar-refractivity contribution in [3.05, 3.63) is 12.7 Å². The van der Waals surface area contributed by atoms with Crippen LogP contribution in [-0.4, -0.2) is 12.7 Å². The van der Waals surface area contributed by atoms with Gasteiger partial charge in [-0.1, -0.05) is 6.08 Å². The summed E-state index contributed by atoms with van der Waals surface area (Å²) in [6, 6.07) is 0. The van der Waals surface area contributed by atoms with Crippen LogP contribution in [0, 0.1) is 0 Å². The van der Waals surface area contributed by atoms with Gasteiger partial charge < -0.3 is 4.74 Å². The average molecular weight is 130 g/mol. The van der Waals surface area contributed by atoms with Gasteiger partial charge in [-0.05, 0) is 26.6 Å². The van der Waals surface area contributed by atoms with E-state index in [1.165, 1.54) is 7.11 Å². The third-order valence-electron chi connectivity index (χ3n) is 1.18. The van der Waals surface area contributed by atoms with E-state index >= 15 is 0 Å². The highest BCUT2D eigenvalue weighted by Crippen LogP contribution is 2.14. The Labute approximate surface area is 60.5 Å². The summed E-state index contributed by atoms with van der Waals surface area (Å²) in [6.07, 6.45) is 0.540. The van der Waals surface area contributed by atoms with E-state index in [2.05, 4.69) is 6.58 Å². The van der Waals surface area contributed by atoms with E-state index in [4.69, 9.17) is 7.48 Å². The summed E-state index contributed by atoms with van der Waals surface area (Å²) in [5.41, 5.74) is -0.749. The van der Waals surface area contributed by atoms with Crippen molar-refractivity contribution in [2.24, 2.45) is 0 Å². The van der Waals surface area contributed by atoms with Gasteiger partial charge >= 0.3 is 0 Å². The summed E-state index contributed by atoms with van der Waals surface area (Å²) in [7, 11) is 1.51. The van der Waals surface area contributed by atoms with Gasteiger partial charge in [0, 0.05) is 9.85 Å². The van der Waals surface area contributed by atoms with Gasteiger partial charge in [-0.25, -0.2) is 0 Å². The van der Waals surface area contributed by atoms with E-state index in [-0.39, 0.29) is 0 Å². The zero-order chi connectivity index (χ0) is 9.12. The van der Waals surface area contributed by atoms with E-state index in [0.29, 0.717) is 6.42 Å². The lowest BCUT2D eigenvalue weighted by molar-refractivity contribution is 0.0163. The predicted octanol–water partition coefficient (Wildman–Crippen LogP) is 2.38. The minimum Gasteiger partial charge on any atom is -0.379 e. The molecule has 0 aliphatic carbocycles. The van der Waals surface area contributed by atoms with E-state index in [1.54, 1.807) is 19.9 Å². The molecule has 0 aromatic carbocycles. The molecule has 0 radical (unpaired) electrons. The van der Waals surface area contributed by atoms with Crippen molar-refractivity contribution in [1.29, 1.82) is 0 Å². The molecule has 0 spiro atoms. The molecule has 0 bridgehead atoms. The Morgan fingerprint density at radius 1 is 1.78 bits per heavy atom. The van der Waals surface area contributed by atoms with Crippen LogP contribution in [0.15, 0.2) is 12.7 Å². The average Bonchev–Trinajstić information content (AvgIpc) is 1.87. The molecule has 1 nitrogen and oxygen atoms in total. The van der Waals surface area contributed by atoms with Crippen molar-refractivity contribution < 1.29 is 7.48 Å². The Bertz CT molecular complexity index is 141. The van der Waals surface area contributed by atoms with Crippen molar-refractivity contribution in [3.63, 3.8) is 0 Å². The SMILES string of the molecule is [2H]C([2H])(CC=C)C(C)(C)OC. The molecule has 1 heteroatoms. The lowest BCUT2D eigenvalue weighted by Gasteiger charge is -2.21. The number of methoxy groups -OCH3 is 1. The molecule has 0 unspecified atom stereocenters. The first-order valence-corrected chi connectivity index (χ1v) is 3.03. The fourth-order valence-corrected chi connectivity index (χ4v) is 0.390. The third-order valence-corrected chi connectivity index (χ3v) is 1.18. The molecule has 0 aliphatic heterocycles. The second-order valence-electron chi connectivity index (χ2n) is 2.38. The van der Waals surface area contributed by atoms with Crippen molar-refractivity contribution in [2.75, 3.05) is 7.11 Å². The lowest BCUT2D eigenvalue weighted by Crippen LogP contribution is -2.21. The summed E-state index contributed by atoms with van der Waals surface area (Å²) in [4.78, 5) is 0. The Hall–Kier alpha value is -0.300. The third kappa shape index (κ3) is 4.22. The number of allylic oxidation sites excluding steroid dienone is 1. The molecule has 0 heterocycles. The summed E-state index contributed by atoms with van der Waals surface area (Å²) in [5.74, 6) is 0. The number of hydrogen-bond acceptors (Lipinski definition) is 1. The van der Waals surface area contributed by atoms with E-state index in [9.17, 15) is 0 Å². The highest BCUT2D eigenvalue weighted by molar-refractivity contribution is 4.74. The van der Waals surface area contributed by atoms with Crippen molar-refractivity contribution >= 4 is 0 Å². The van der Waals surface area contributed by atoms with Gasteiger partial charge in [0.05, 0.1) is 5.60 Å². The highest BCUT2D eigenvalue weighted by Gasteiger charge is 2.13. The highest BCUT2D eigenvalue weighted by atomic mass is 16.5. The molecule has 0 saturated heterocycles. The first kappa shape index (κ1) is 5.48. The molecular weight excluding hydrogens is 112 g/mol. The number of ether oxygens (including phenoxy) is 1. The van der Waals surface area contributed by atoms with Crippen LogP contribution >= 0.6 is 0 Å². The number of rotatable bonds is 4. The maximum Gasteiger partial charge on any atom is 0.0625 e. The summed E-state index contributed by atoms with van der Waals surface area (Å²) in [5, 5.41) is 0. The first-order valence-electron chi connectivity index (χ1n) is 4.03. The van der Waals surface area contributed by atoms with Gasteiger partial charge in [-0.2, -0.15) is 0 Å². The Balaban J connectivity index is 4.38. The minimum absolute atomic E-state index is 0.313. The van der Waals surface area contributed by atoms with Crippen LogP contribution < -0.4 is 0 Å². The second-order valence-corrected chi connectivity index (χ2v) is 2.38. The van der Waals surface area contributed by atoms with Gasteiger partial charge in [0.2, 0.25) is 0 Å². The molecule has 0 fully saturated rings. The molecule has 0 aromatic heterocycles. The van der Waals surface area contributed by atoms with Gasteiger partial charge in [0.1, 0.15) is 0 Å². The van der Waals surface area contributed by atoms with Gasteiger partial charge in [-0.3, -0.25) is 0 Å². The second kappa shape index (κ2) is 3.67. The van der Waals surface area contributed by atoms with E-state index < -0.39 is 12.0 Å². The summed E-state index contributed by atoms with van der Waals surface area (Å²) < 4.78 is 20.2. The van der Waals surface area contributed by atoms with Crippen LogP contribution in [0.4, 0.5) is 0 Å². The quantitative estimate of drug-likeness (QED) is 0.531. The molecule has 54 valence electrons. The Morgan fingerprint density at radius 2 is 2.33 bits per heavy atom. The van der Waals surface area contributed by atoms with Crippen molar-refractivity contribution in [2.45, 2.75) is 32.2 Å². The Kier molecular flexibility index (Phi) is 2.24. The van der Waals surface area contributed by atoms with Gasteiger partial charge in [0.25, 0.3) is 0 Å². The van der Waals surface area contributed by atoms with Crippen LogP contribution in [-0.2, 0) is 4.74 Å². The largest absolute Gasteiger partial charge is 0.379 e. The van der Waals surface area contributed by atoms with Gasteiger partial charge in [0.15, 0.2) is 0 Å². The van der Waals surface area contributed by atoms with E-state index in [0.717, 1.165) is 0 Å². The fraction of sp³-hybridized carbons (Fsp3) is 0.750. The van der Waals surface area contributed by atoms with Crippen LogP contribution in [0.3, 0.4) is 0 Å². The molecule has 0 atom stereocenters. The zero-order valence-electron chi connectivity index (χ0n) is 8.40. The first-order chi connectivity index (χ1) is 4.87. The molecular formula is C8H16O. The van der Waals surface area contributed by atoms with Crippen molar-refractivity contribution in [1.82, 2.24) is 0 Å². The molecule has 0 amide bonds. The van der Waals surface area contributed by atoms with Crippen LogP contribution in [0.25, 0.3) is 0 Å². The molecule has 9 heavy (non-hydrogen) atoms. The lowest BCUT2D eigenvalue weighted by atomic mass is 10.0. The van der Waals surface area contributed by atoms with Crippen LogP contribution in [0.1, 0.15) is 29.4 Å². The Morgan fingerprint density at radius 3 is 2.67 bits per heavy atom. The maximum absolute atomic E-state index is 7.60. The van der Waals surface area contributed by atoms with Crippen molar-refractivity contribution in [3.8, 4) is 0 Å². The topological polar surface area (TPSA) is 9.23 Å². The fourth-order valence-electron chi connectivity index (χ4n) is 0.390. The molecule has 0 saturated carbocycles. The van der Waals surface area contributed by atoms with Gasteiger partial charge in [-0.15, -0.1) is 6.58 Å². The molecule has 0 aliphatic rings. The maximum atomic E-state index is 7.60. The minimum atomic E-state index is -1.34. The summed E-state index contributed by atoms with van der Waals surface area (Å²) >= 11 is 0. The molecule has 0 rings (SSSR count). The van der Waals surface area contributed by atoms with E-state index in [1.807, 2.05) is 0 Å². The number of hydrogen-bond donors (Lipinski definition) is 0. The summed E-state index contributed by atoms with van der Waals surface area (Å²) in [6.45, 7) is 6.96. The molecule has 0 aromatic rings. The zero-order valence-corrected chi connectivity index (χ0v) is 6.40. The normalized spacial score (nSPS) is 16.3.